The molecule has 162 valence electrons. The Hall–Kier alpha value is -3.54. The molecule has 4 N–H and O–H groups in total. The Balaban J connectivity index is 1.84. The summed E-state index contributed by atoms with van der Waals surface area (Å²) < 4.78 is 11.6. The highest BCUT2D eigenvalue weighted by atomic mass is 16.5. The van der Waals surface area contributed by atoms with E-state index in [1.54, 1.807) is 48.5 Å². The molecule has 0 aliphatic carbocycles. The number of rotatable bonds is 2. The van der Waals surface area contributed by atoms with Crippen LogP contribution in [0.2, 0.25) is 0 Å². The van der Waals surface area contributed by atoms with Crippen molar-refractivity contribution in [3.63, 3.8) is 0 Å². The third-order valence-corrected chi connectivity index (χ3v) is 4.67. The minimum Gasteiger partial charge on any atom is -0.493 e. The summed E-state index contributed by atoms with van der Waals surface area (Å²) in [7, 11) is 0. The molecule has 3 rings (SSSR count). The molecule has 0 spiro atoms. The van der Waals surface area contributed by atoms with Gasteiger partial charge in [-0.25, -0.2) is 0 Å². The molecule has 0 radical (unpaired) electrons. The summed E-state index contributed by atoms with van der Waals surface area (Å²) in [6, 6.07) is 12.0. The number of fused-ring (bicyclic) bond motifs is 2. The Morgan fingerprint density at radius 1 is 0.774 bits per heavy atom. The van der Waals surface area contributed by atoms with Crippen molar-refractivity contribution < 1.29 is 29.3 Å². The van der Waals surface area contributed by atoms with Crippen molar-refractivity contribution >= 4 is 11.9 Å². The lowest BCUT2D eigenvalue weighted by Crippen LogP contribution is -2.30. The molecule has 1 heterocycles. The molecule has 1 aliphatic heterocycles. The van der Waals surface area contributed by atoms with E-state index >= 15 is 0 Å². The lowest BCUT2D eigenvalue weighted by Gasteiger charge is -2.18. The number of hydrogen-bond acceptors (Lipinski definition) is 6. The molecule has 8 heteroatoms. The molecule has 2 atom stereocenters. The zero-order valence-corrected chi connectivity index (χ0v) is 16.8. The van der Waals surface area contributed by atoms with E-state index in [0.717, 1.165) is 0 Å². The molecule has 31 heavy (non-hydrogen) atoms. The van der Waals surface area contributed by atoms with Crippen molar-refractivity contribution in [1.29, 1.82) is 0 Å². The van der Waals surface area contributed by atoms with Gasteiger partial charge >= 0.3 is 11.9 Å². The van der Waals surface area contributed by atoms with Gasteiger partial charge in [-0.2, -0.15) is 0 Å². The molecule has 0 amide bonds. The zero-order chi connectivity index (χ0) is 22.1. The molecule has 2 aromatic carbocycles. The molecule has 0 fully saturated rings. The van der Waals surface area contributed by atoms with Crippen molar-refractivity contribution in [1.82, 2.24) is 10.6 Å². The molecule has 2 aromatic rings. The van der Waals surface area contributed by atoms with Crippen LogP contribution in [0.15, 0.2) is 48.5 Å². The van der Waals surface area contributed by atoms with Crippen LogP contribution in [-0.2, 0) is 9.59 Å². The molecule has 0 bridgehead atoms. The Kier molecular flexibility index (Phi) is 7.87. The fraction of sp³-hybridized carbons (Fsp3) is 0.304. The molecule has 1 aliphatic rings. The zero-order valence-electron chi connectivity index (χ0n) is 16.8. The second kappa shape index (κ2) is 11.0. The SMILES string of the molecule is O=C(O)C1NCC#CCNC(C(=O)O)c2ccccc2OCCCOc2ccccc21. The number of aliphatic carboxylic acids is 2. The number of carboxylic acid groups (broad SMARTS) is 2. The van der Waals surface area contributed by atoms with Crippen molar-refractivity contribution in [2.45, 2.75) is 18.5 Å². The summed E-state index contributed by atoms with van der Waals surface area (Å²) in [4.78, 5) is 23.6. The van der Waals surface area contributed by atoms with Gasteiger partial charge in [-0.3, -0.25) is 20.2 Å². The highest BCUT2D eigenvalue weighted by molar-refractivity contribution is 5.77. The first-order valence-electron chi connectivity index (χ1n) is 9.89. The van der Waals surface area contributed by atoms with Crippen LogP contribution < -0.4 is 20.1 Å². The maximum absolute atomic E-state index is 11.8. The van der Waals surface area contributed by atoms with E-state index in [2.05, 4.69) is 22.5 Å². The average molecular weight is 424 g/mol. The van der Waals surface area contributed by atoms with E-state index in [1.807, 2.05) is 0 Å². The van der Waals surface area contributed by atoms with Crippen LogP contribution in [0.5, 0.6) is 11.5 Å². The van der Waals surface area contributed by atoms with Crippen LogP contribution >= 0.6 is 0 Å². The number of ether oxygens (including phenoxy) is 2. The summed E-state index contributed by atoms with van der Waals surface area (Å²) in [5.74, 6) is 4.53. The number of carbonyl (C=O) groups is 2. The number of hydrogen-bond donors (Lipinski definition) is 4. The maximum Gasteiger partial charge on any atom is 0.325 e. The van der Waals surface area contributed by atoms with Gasteiger partial charge in [-0.15, -0.1) is 0 Å². The van der Waals surface area contributed by atoms with Gasteiger partial charge in [0.05, 0.1) is 26.3 Å². The van der Waals surface area contributed by atoms with Gasteiger partial charge < -0.3 is 19.7 Å². The Bertz CT molecular complexity index is 906. The molecular formula is C23H24N2O6. The lowest BCUT2D eigenvalue weighted by molar-refractivity contribution is -0.140. The Morgan fingerprint density at radius 2 is 1.19 bits per heavy atom. The van der Waals surface area contributed by atoms with Crippen molar-refractivity contribution in [2.75, 3.05) is 26.3 Å². The van der Waals surface area contributed by atoms with Crippen molar-refractivity contribution in [3.8, 4) is 23.3 Å². The van der Waals surface area contributed by atoms with Crippen LogP contribution in [0.3, 0.4) is 0 Å². The largest absolute Gasteiger partial charge is 0.493 e. The Morgan fingerprint density at radius 3 is 1.61 bits per heavy atom. The van der Waals surface area contributed by atoms with Gasteiger partial charge in [-0.1, -0.05) is 48.2 Å². The summed E-state index contributed by atoms with van der Waals surface area (Å²) in [6.45, 7) is 0.854. The first-order chi connectivity index (χ1) is 15.1. The number of para-hydroxylation sites is 2. The second-order valence-electron chi connectivity index (χ2n) is 6.78. The van der Waals surface area contributed by atoms with E-state index in [-0.39, 0.29) is 13.1 Å². The van der Waals surface area contributed by atoms with Gasteiger partial charge in [0.1, 0.15) is 23.6 Å². The summed E-state index contributed by atoms with van der Waals surface area (Å²) >= 11 is 0. The highest BCUT2D eigenvalue weighted by Crippen LogP contribution is 2.27. The number of carboxylic acids is 2. The minimum absolute atomic E-state index is 0.115. The van der Waals surface area contributed by atoms with Crippen LogP contribution in [-0.4, -0.2) is 48.5 Å². The molecule has 0 aromatic heterocycles. The fourth-order valence-electron chi connectivity index (χ4n) is 3.22. The van der Waals surface area contributed by atoms with E-state index in [9.17, 15) is 19.8 Å². The first-order valence-corrected chi connectivity index (χ1v) is 9.89. The molecule has 0 saturated heterocycles. The van der Waals surface area contributed by atoms with Crippen LogP contribution in [0.1, 0.15) is 29.6 Å². The molecular weight excluding hydrogens is 400 g/mol. The van der Waals surface area contributed by atoms with E-state index in [1.165, 1.54) is 0 Å². The normalized spacial score (nSPS) is 19.7. The monoisotopic (exact) mass is 424 g/mol. The topological polar surface area (TPSA) is 117 Å². The van der Waals surface area contributed by atoms with Gasteiger partial charge in [0.25, 0.3) is 0 Å². The smallest absolute Gasteiger partial charge is 0.325 e. The second-order valence-corrected chi connectivity index (χ2v) is 6.78. The van der Waals surface area contributed by atoms with Gasteiger partial charge in [-0.05, 0) is 12.1 Å². The van der Waals surface area contributed by atoms with Crippen molar-refractivity contribution in [3.05, 3.63) is 59.7 Å². The molecule has 2 unspecified atom stereocenters. The number of benzene rings is 2. The highest BCUT2D eigenvalue weighted by Gasteiger charge is 2.24. The predicted molar refractivity (Wildman–Crippen MR) is 113 cm³/mol. The van der Waals surface area contributed by atoms with E-state index < -0.39 is 24.0 Å². The van der Waals surface area contributed by atoms with E-state index in [0.29, 0.717) is 42.3 Å². The van der Waals surface area contributed by atoms with Crippen molar-refractivity contribution in [2.24, 2.45) is 0 Å². The third-order valence-electron chi connectivity index (χ3n) is 4.67. The minimum atomic E-state index is -1.04. The van der Waals surface area contributed by atoms with Gasteiger partial charge in [0.15, 0.2) is 0 Å². The lowest BCUT2D eigenvalue weighted by atomic mass is 10.1. The summed E-state index contributed by atoms with van der Waals surface area (Å²) in [5, 5.41) is 25.1. The predicted octanol–water partition coefficient (Wildman–Crippen LogP) is 1.98. The van der Waals surface area contributed by atoms with Crippen LogP contribution in [0.25, 0.3) is 0 Å². The maximum atomic E-state index is 11.8. The molecule has 8 nitrogen and oxygen atoms in total. The number of nitrogens with one attached hydrogen (secondary N) is 2. The quantitative estimate of drug-likeness (QED) is 0.541. The van der Waals surface area contributed by atoms with Gasteiger partial charge in [0, 0.05) is 17.5 Å². The summed E-state index contributed by atoms with van der Waals surface area (Å²) in [6.07, 6.45) is 0.530. The van der Waals surface area contributed by atoms with Crippen LogP contribution in [0.4, 0.5) is 0 Å². The van der Waals surface area contributed by atoms with Crippen LogP contribution in [0, 0.1) is 11.8 Å². The standard InChI is InChI=1S/C23H24N2O6/c26-22(27)20-16-8-1-3-10-18(16)30-14-7-15-31-19-11-4-2-9-17(19)21(23(28)29)25-13-6-5-12-24-20/h1-4,8-11,20-21,24-25H,7,12-15H2,(H,26,27)(H,28,29). The fourth-order valence-corrected chi connectivity index (χ4v) is 3.22. The first kappa shape index (κ1) is 22.2. The Labute approximate surface area is 180 Å². The molecule has 0 saturated carbocycles. The third kappa shape index (κ3) is 5.98. The average Bonchev–Trinajstić information content (AvgIpc) is 2.76. The van der Waals surface area contributed by atoms with E-state index in [4.69, 9.17) is 9.47 Å². The van der Waals surface area contributed by atoms with Gasteiger partial charge in [0.2, 0.25) is 0 Å². The summed E-state index contributed by atoms with van der Waals surface area (Å²) in [5.41, 5.74) is 1.02.